The van der Waals surface area contributed by atoms with Gasteiger partial charge in [0.2, 0.25) is 5.91 Å². The molecule has 1 aliphatic rings. The molecule has 2 N–H and O–H groups in total. The smallest absolute Gasteiger partial charge is 0.222 e. The van der Waals surface area contributed by atoms with Gasteiger partial charge in [-0.05, 0) is 25.4 Å². The lowest BCUT2D eigenvalue weighted by Gasteiger charge is -2.30. The van der Waals surface area contributed by atoms with Crippen molar-refractivity contribution in [2.75, 3.05) is 26.8 Å². The summed E-state index contributed by atoms with van der Waals surface area (Å²) in [6.45, 7) is 4.66. The maximum atomic E-state index is 11.4. The first-order chi connectivity index (χ1) is 6.74. The Kier molecular flexibility index (Phi) is 7.74. The van der Waals surface area contributed by atoms with Crippen LogP contribution in [0.2, 0.25) is 0 Å². The average molecular weight is 237 g/mol. The first-order valence-electron chi connectivity index (χ1n) is 5.23. The largest absolute Gasteiger partial charge is 0.384 e. The van der Waals surface area contributed by atoms with Gasteiger partial charge in [-0.3, -0.25) is 4.79 Å². The minimum atomic E-state index is 0. The van der Waals surface area contributed by atoms with Crippen LogP contribution >= 0.6 is 12.4 Å². The Bertz CT molecular complexity index is 190. The molecule has 0 aliphatic carbocycles. The molecule has 0 spiro atoms. The Morgan fingerprint density at radius 3 is 2.93 bits per heavy atom. The second-order valence-corrected chi connectivity index (χ2v) is 3.89. The summed E-state index contributed by atoms with van der Waals surface area (Å²) >= 11 is 0. The molecule has 0 radical (unpaired) electrons. The fraction of sp³-hybridized carbons (Fsp3) is 0.900. The lowest BCUT2D eigenvalue weighted by molar-refractivity contribution is -0.123. The van der Waals surface area contributed by atoms with Crippen molar-refractivity contribution in [2.45, 2.75) is 25.8 Å². The molecule has 15 heavy (non-hydrogen) atoms. The predicted molar refractivity (Wildman–Crippen MR) is 62.3 cm³/mol. The van der Waals surface area contributed by atoms with Crippen molar-refractivity contribution in [3.8, 4) is 0 Å². The van der Waals surface area contributed by atoms with E-state index in [0.29, 0.717) is 25.0 Å². The molecular weight excluding hydrogens is 216 g/mol. The summed E-state index contributed by atoms with van der Waals surface area (Å²) in [5, 5.41) is 6.35. The molecule has 1 fully saturated rings. The van der Waals surface area contributed by atoms with Gasteiger partial charge in [0, 0.05) is 19.6 Å². The van der Waals surface area contributed by atoms with Crippen LogP contribution in [-0.2, 0) is 9.53 Å². The molecule has 1 rings (SSSR count). The van der Waals surface area contributed by atoms with Gasteiger partial charge >= 0.3 is 0 Å². The van der Waals surface area contributed by atoms with E-state index in [4.69, 9.17) is 4.74 Å². The summed E-state index contributed by atoms with van der Waals surface area (Å²) in [5.41, 5.74) is 0. The highest BCUT2D eigenvalue weighted by Gasteiger charge is 2.21. The van der Waals surface area contributed by atoms with Crippen LogP contribution in [0.5, 0.6) is 0 Å². The van der Waals surface area contributed by atoms with E-state index in [1.54, 1.807) is 7.11 Å². The Morgan fingerprint density at radius 2 is 2.33 bits per heavy atom. The first-order valence-corrected chi connectivity index (χ1v) is 5.23. The van der Waals surface area contributed by atoms with Crippen LogP contribution in [-0.4, -0.2) is 38.8 Å². The van der Waals surface area contributed by atoms with Crippen LogP contribution in [0, 0.1) is 5.92 Å². The van der Waals surface area contributed by atoms with Gasteiger partial charge < -0.3 is 15.4 Å². The van der Waals surface area contributed by atoms with E-state index >= 15 is 0 Å². The van der Waals surface area contributed by atoms with Gasteiger partial charge in [-0.15, -0.1) is 12.4 Å². The zero-order valence-electron chi connectivity index (χ0n) is 9.41. The van der Waals surface area contributed by atoms with E-state index < -0.39 is 0 Å². The predicted octanol–water partition coefficient (Wildman–Crippen LogP) is 0.559. The Balaban J connectivity index is 0.00000196. The number of hydrogen-bond acceptors (Lipinski definition) is 3. The van der Waals surface area contributed by atoms with Crippen LogP contribution < -0.4 is 10.6 Å². The van der Waals surface area contributed by atoms with Crippen LogP contribution in [0.3, 0.4) is 0 Å². The first kappa shape index (κ1) is 14.7. The molecule has 90 valence electrons. The van der Waals surface area contributed by atoms with Crippen molar-refractivity contribution < 1.29 is 9.53 Å². The fourth-order valence-corrected chi connectivity index (χ4v) is 1.70. The summed E-state index contributed by atoms with van der Waals surface area (Å²) < 4.78 is 4.86. The zero-order valence-corrected chi connectivity index (χ0v) is 10.2. The third-order valence-corrected chi connectivity index (χ3v) is 2.66. The van der Waals surface area contributed by atoms with Gasteiger partial charge in [0.15, 0.2) is 0 Å². The molecule has 0 bridgehead atoms. The van der Waals surface area contributed by atoms with E-state index in [1.807, 2.05) is 0 Å². The van der Waals surface area contributed by atoms with Gasteiger partial charge in [-0.25, -0.2) is 0 Å². The van der Waals surface area contributed by atoms with Gasteiger partial charge in [-0.1, -0.05) is 6.92 Å². The highest BCUT2D eigenvalue weighted by molar-refractivity contribution is 5.85. The molecular formula is C10H21ClN2O2. The highest BCUT2D eigenvalue weighted by Crippen LogP contribution is 2.10. The molecule has 2 atom stereocenters. The van der Waals surface area contributed by atoms with Crippen LogP contribution in [0.4, 0.5) is 0 Å². The number of halogens is 1. The number of piperidine rings is 1. The van der Waals surface area contributed by atoms with Gasteiger partial charge in [0.25, 0.3) is 0 Å². The SMILES string of the molecule is COCCC(=O)NC1CCNCC1C.Cl. The lowest BCUT2D eigenvalue weighted by Crippen LogP contribution is -2.48. The molecule has 2 unspecified atom stereocenters. The third-order valence-electron chi connectivity index (χ3n) is 2.66. The Labute approximate surface area is 97.5 Å². The fourth-order valence-electron chi connectivity index (χ4n) is 1.70. The summed E-state index contributed by atoms with van der Waals surface area (Å²) in [7, 11) is 1.61. The number of rotatable bonds is 4. The maximum absolute atomic E-state index is 11.4. The van der Waals surface area contributed by atoms with Crippen LogP contribution in [0.15, 0.2) is 0 Å². The van der Waals surface area contributed by atoms with Crippen LogP contribution in [0.1, 0.15) is 19.8 Å². The maximum Gasteiger partial charge on any atom is 0.222 e. The molecule has 1 aliphatic heterocycles. The van der Waals surface area contributed by atoms with Gasteiger partial charge in [0.05, 0.1) is 6.61 Å². The van der Waals surface area contributed by atoms with Crippen molar-refractivity contribution in [1.82, 2.24) is 10.6 Å². The minimum Gasteiger partial charge on any atom is -0.384 e. The standard InChI is InChI=1S/C10H20N2O2.ClH/c1-8-7-11-5-3-9(8)12-10(13)4-6-14-2;/h8-9,11H,3-7H2,1-2H3,(H,12,13);1H. The number of methoxy groups -OCH3 is 1. The van der Waals surface area contributed by atoms with Crippen molar-refractivity contribution in [3.63, 3.8) is 0 Å². The third kappa shape index (κ3) is 5.35. The number of ether oxygens (including phenoxy) is 1. The molecule has 1 heterocycles. The topological polar surface area (TPSA) is 50.4 Å². The van der Waals surface area contributed by atoms with Gasteiger partial charge in [-0.2, -0.15) is 0 Å². The summed E-state index contributed by atoms with van der Waals surface area (Å²) in [6.07, 6.45) is 1.49. The van der Waals surface area contributed by atoms with Crippen molar-refractivity contribution in [2.24, 2.45) is 5.92 Å². The number of carbonyl (C=O) groups excluding carboxylic acids is 1. The molecule has 1 saturated heterocycles. The number of nitrogens with one attached hydrogen (secondary N) is 2. The monoisotopic (exact) mass is 236 g/mol. The Hall–Kier alpha value is -0.320. The quantitative estimate of drug-likeness (QED) is 0.750. The average Bonchev–Trinajstić information content (AvgIpc) is 2.18. The van der Waals surface area contributed by atoms with Gasteiger partial charge in [0.1, 0.15) is 0 Å². The highest BCUT2D eigenvalue weighted by atomic mass is 35.5. The second-order valence-electron chi connectivity index (χ2n) is 3.89. The van der Waals surface area contributed by atoms with E-state index in [0.717, 1.165) is 19.5 Å². The van der Waals surface area contributed by atoms with E-state index in [9.17, 15) is 4.79 Å². The summed E-state index contributed by atoms with van der Waals surface area (Å²) in [5.74, 6) is 0.626. The second kappa shape index (κ2) is 7.91. The number of hydrogen-bond donors (Lipinski definition) is 2. The molecule has 0 aromatic heterocycles. The molecule has 0 aromatic carbocycles. The number of amides is 1. The molecule has 5 heteroatoms. The Morgan fingerprint density at radius 1 is 1.60 bits per heavy atom. The normalized spacial score (nSPS) is 25.5. The summed E-state index contributed by atoms with van der Waals surface area (Å²) in [4.78, 5) is 11.4. The summed E-state index contributed by atoms with van der Waals surface area (Å²) in [6, 6.07) is 0.334. The minimum absolute atomic E-state index is 0. The lowest BCUT2D eigenvalue weighted by atomic mass is 9.95. The molecule has 1 amide bonds. The van der Waals surface area contributed by atoms with Crippen molar-refractivity contribution in [3.05, 3.63) is 0 Å². The molecule has 0 saturated carbocycles. The van der Waals surface area contributed by atoms with E-state index in [1.165, 1.54) is 0 Å². The van der Waals surface area contributed by atoms with Crippen LogP contribution in [0.25, 0.3) is 0 Å². The van der Waals surface area contributed by atoms with Crippen molar-refractivity contribution in [1.29, 1.82) is 0 Å². The van der Waals surface area contributed by atoms with E-state index in [2.05, 4.69) is 17.6 Å². The molecule has 4 nitrogen and oxygen atoms in total. The van der Waals surface area contributed by atoms with Crippen molar-refractivity contribution >= 4 is 18.3 Å². The zero-order chi connectivity index (χ0) is 10.4. The molecule has 0 aromatic rings. The van der Waals surface area contributed by atoms with E-state index in [-0.39, 0.29) is 18.3 Å². The number of carbonyl (C=O) groups is 1.